The molecule has 0 saturated heterocycles. The van der Waals surface area contributed by atoms with Gasteiger partial charge in [-0.25, -0.2) is 0 Å². The van der Waals surface area contributed by atoms with Crippen LogP contribution in [0.2, 0.25) is 0 Å². The Morgan fingerprint density at radius 3 is 2.71 bits per heavy atom. The molecule has 0 amide bonds. The Balaban J connectivity index is 3.01. The highest BCUT2D eigenvalue weighted by Gasteiger charge is 2.17. The van der Waals surface area contributed by atoms with Crippen molar-refractivity contribution in [3.05, 3.63) is 33.8 Å². The second-order valence-corrected chi connectivity index (χ2v) is 4.47. The summed E-state index contributed by atoms with van der Waals surface area (Å²) >= 11 is 3.44. The molecule has 1 aromatic carbocycles. The van der Waals surface area contributed by atoms with Gasteiger partial charge in [-0.05, 0) is 36.6 Å². The third-order valence-corrected chi connectivity index (χ3v) is 3.40. The van der Waals surface area contributed by atoms with Gasteiger partial charge in [0.25, 0.3) is 0 Å². The van der Waals surface area contributed by atoms with Gasteiger partial charge in [0.1, 0.15) is 0 Å². The quantitative estimate of drug-likeness (QED) is 0.874. The monoisotopic (exact) mass is 257 g/mol. The van der Waals surface area contributed by atoms with Crippen LogP contribution in [0.1, 0.15) is 24.2 Å². The summed E-state index contributed by atoms with van der Waals surface area (Å²) in [5, 5.41) is 9.99. The van der Waals surface area contributed by atoms with E-state index in [4.69, 9.17) is 5.73 Å². The Kier molecular flexibility index (Phi) is 4.11. The highest BCUT2D eigenvalue weighted by Crippen LogP contribution is 2.28. The molecule has 0 spiro atoms. The molecule has 0 heterocycles. The second-order valence-electron chi connectivity index (χ2n) is 3.61. The Labute approximate surface area is 93.3 Å². The number of benzene rings is 1. The van der Waals surface area contributed by atoms with E-state index >= 15 is 0 Å². The van der Waals surface area contributed by atoms with E-state index in [1.807, 2.05) is 32.0 Å². The summed E-state index contributed by atoms with van der Waals surface area (Å²) < 4.78 is 1.03. The average Bonchev–Trinajstić information content (AvgIpc) is 2.20. The van der Waals surface area contributed by atoms with Gasteiger partial charge >= 0.3 is 0 Å². The van der Waals surface area contributed by atoms with Crippen LogP contribution in [0.15, 0.2) is 22.7 Å². The van der Waals surface area contributed by atoms with Crippen molar-refractivity contribution in [3.8, 4) is 0 Å². The van der Waals surface area contributed by atoms with Gasteiger partial charge in [0, 0.05) is 4.47 Å². The molecule has 3 N–H and O–H groups in total. The van der Waals surface area contributed by atoms with Gasteiger partial charge in [-0.15, -0.1) is 0 Å². The maximum atomic E-state index is 9.99. The molecule has 0 aliphatic carbocycles. The lowest BCUT2D eigenvalue weighted by Gasteiger charge is -2.19. The molecule has 0 bridgehead atoms. The van der Waals surface area contributed by atoms with E-state index in [0.717, 1.165) is 15.6 Å². The zero-order valence-electron chi connectivity index (χ0n) is 8.50. The number of hydrogen-bond donors (Lipinski definition) is 2. The Morgan fingerprint density at radius 1 is 1.50 bits per heavy atom. The van der Waals surface area contributed by atoms with Crippen molar-refractivity contribution in [1.82, 2.24) is 0 Å². The molecule has 0 aliphatic rings. The van der Waals surface area contributed by atoms with Crippen molar-refractivity contribution >= 4 is 15.9 Å². The first kappa shape index (κ1) is 11.7. The molecule has 0 radical (unpaired) electrons. The number of aliphatic hydroxyl groups excluding tert-OH is 1. The Morgan fingerprint density at radius 2 is 2.14 bits per heavy atom. The van der Waals surface area contributed by atoms with Gasteiger partial charge in [-0.2, -0.15) is 0 Å². The molecule has 2 atom stereocenters. The van der Waals surface area contributed by atoms with Crippen molar-refractivity contribution in [2.75, 3.05) is 6.54 Å². The van der Waals surface area contributed by atoms with E-state index in [2.05, 4.69) is 15.9 Å². The van der Waals surface area contributed by atoms with E-state index in [0.29, 0.717) is 6.54 Å². The normalized spacial score (nSPS) is 15.2. The topological polar surface area (TPSA) is 46.2 Å². The van der Waals surface area contributed by atoms with Crippen LogP contribution in [0.5, 0.6) is 0 Å². The second kappa shape index (κ2) is 4.91. The van der Waals surface area contributed by atoms with Crippen molar-refractivity contribution in [2.24, 2.45) is 11.7 Å². The fraction of sp³-hybridized carbons (Fsp3) is 0.455. The lowest BCUT2D eigenvalue weighted by atomic mass is 9.94. The molecule has 14 heavy (non-hydrogen) atoms. The summed E-state index contributed by atoms with van der Waals surface area (Å²) in [6.07, 6.45) is -0.475. The summed E-state index contributed by atoms with van der Waals surface area (Å²) in [4.78, 5) is 0. The lowest BCUT2D eigenvalue weighted by molar-refractivity contribution is 0.121. The molecule has 1 aromatic rings. The first-order valence-corrected chi connectivity index (χ1v) is 5.50. The Bertz CT molecular complexity index is 314. The van der Waals surface area contributed by atoms with Crippen LogP contribution in [0.25, 0.3) is 0 Å². The van der Waals surface area contributed by atoms with Gasteiger partial charge in [0.15, 0.2) is 0 Å². The minimum Gasteiger partial charge on any atom is -0.388 e. The van der Waals surface area contributed by atoms with Crippen molar-refractivity contribution in [2.45, 2.75) is 20.0 Å². The maximum absolute atomic E-state index is 9.99. The number of hydrogen-bond acceptors (Lipinski definition) is 2. The molecule has 1 rings (SSSR count). The highest BCUT2D eigenvalue weighted by atomic mass is 79.9. The number of rotatable bonds is 3. The molecule has 2 unspecified atom stereocenters. The largest absolute Gasteiger partial charge is 0.388 e. The van der Waals surface area contributed by atoms with Crippen LogP contribution >= 0.6 is 15.9 Å². The standard InChI is InChI=1S/C11H16BrNO/c1-7(6-13)11(14)9-4-3-5-10(12)8(9)2/h3-5,7,11,14H,6,13H2,1-2H3. The van der Waals surface area contributed by atoms with Crippen molar-refractivity contribution in [1.29, 1.82) is 0 Å². The highest BCUT2D eigenvalue weighted by molar-refractivity contribution is 9.10. The van der Waals surface area contributed by atoms with Gasteiger partial charge in [0.2, 0.25) is 0 Å². The van der Waals surface area contributed by atoms with Gasteiger partial charge in [-0.1, -0.05) is 35.0 Å². The third kappa shape index (κ3) is 2.35. The van der Waals surface area contributed by atoms with Crippen molar-refractivity contribution in [3.63, 3.8) is 0 Å². The van der Waals surface area contributed by atoms with Crippen molar-refractivity contribution < 1.29 is 5.11 Å². The minimum atomic E-state index is -0.475. The fourth-order valence-electron chi connectivity index (χ4n) is 1.38. The fourth-order valence-corrected chi connectivity index (χ4v) is 1.76. The molecule has 0 aromatic heterocycles. The van der Waals surface area contributed by atoms with Crippen LogP contribution in [-0.4, -0.2) is 11.7 Å². The molecule has 3 heteroatoms. The van der Waals surface area contributed by atoms with E-state index < -0.39 is 6.10 Å². The van der Waals surface area contributed by atoms with E-state index in [-0.39, 0.29) is 5.92 Å². The molecular weight excluding hydrogens is 242 g/mol. The molecule has 0 saturated carbocycles. The zero-order valence-corrected chi connectivity index (χ0v) is 10.1. The first-order chi connectivity index (χ1) is 6.57. The first-order valence-electron chi connectivity index (χ1n) is 4.71. The summed E-state index contributed by atoms with van der Waals surface area (Å²) in [7, 11) is 0. The maximum Gasteiger partial charge on any atom is 0.0830 e. The minimum absolute atomic E-state index is 0.0861. The van der Waals surface area contributed by atoms with Crippen LogP contribution < -0.4 is 5.73 Å². The number of nitrogens with two attached hydrogens (primary N) is 1. The molecular formula is C11H16BrNO. The smallest absolute Gasteiger partial charge is 0.0830 e. The SMILES string of the molecule is Cc1c(Br)cccc1C(O)C(C)CN. The summed E-state index contributed by atoms with van der Waals surface area (Å²) in [5.74, 6) is 0.0861. The summed E-state index contributed by atoms with van der Waals surface area (Å²) in [6, 6.07) is 5.84. The molecule has 0 aliphatic heterocycles. The summed E-state index contributed by atoms with van der Waals surface area (Å²) in [6.45, 7) is 4.43. The van der Waals surface area contributed by atoms with Gasteiger partial charge in [-0.3, -0.25) is 0 Å². The predicted octanol–water partition coefficient (Wildman–Crippen LogP) is 2.39. The molecule has 2 nitrogen and oxygen atoms in total. The van der Waals surface area contributed by atoms with Crippen LogP contribution in [-0.2, 0) is 0 Å². The molecule has 0 fully saturated rings. The number of aliphatic hydroxyl groups is 1. The van der Waals surface area contributed by atoms with Gasteiger partial charge < -0.3 is 10.8 Å². The predicted molar refractivity (Wildman–Crippen MR) is 62.1 cm³/mol. The third-order valence-electron chi connectivity index (χ3n) is 2.54. The Hall–Kier alpha value is -0.380. The average molecular weight is 258 g/mol. The van der Waals surface area contributed by atoms with Gasteiger partial charge in [0.05, 0.1) is 6.10 Å². The molecule has 78 valence electrons. The zero-order chi connectivity index (χ0) is 10.7. The van der Waals surface area contributed by atoms with Crippen LogP contribution in [0, 0.1) is 12.8 Å². The summed E-state index contributed by atoms with van der Waals surface area (Å²) in [5.41, 5.74) is 7.57. The van der Waals surface area contributed by atoms with Crippen LogP contribution in [0.4, 0.5) is 0 Å². The van der Waals surface area contributed by atoms with Crippen LogP contribution in [0.3, 0.4) is 0 Å². The number of halogens is 1. The van der Waals surface area contributed by atoms with E-state index in [1.54, 1.807) is 0 Å². The van der Waals surface area contributed by atoms with E-state index in [9.17, 15) is 5.11 Å². The lowest BCUT2D eigenvalue weighted by Crippen LogP contribution is -2.19. The van der Waals surface area contributed by atoms with E-state index in [1.165, 1.54) is 0 Å².